The lowest BCUT2D eigenvalue weighted by molar-refractivity contribution is 0.0696. The number of nitrogens with one attached hydrogen (secondary N) is 1. The Labute approximate surface area is 199 Å². The van der Waals surface area contributed by atoms with Gasteiger partial charge in [-0.3, -0.25) is 4.79 Å². The molecule has 1 atom stereocenters. The average Bonchev–Trinajstić information content (AvgIpc) is 3.47. The summed E-state index contributed by atoms with van der Waals surface area (Å²) in [5.74, 6) is -1.21. The molecule has 3 aromatic rings. The summed E-state index contributed by atoms with van der Waals surface area (Å²) >= 11 is 12.0. The largest absolute Gasteiger partial charge is 0.478 e. The molecule has 1 saturated carbocycles. The molecule has 2 N–H and O–H groups in total. The first-order valence-electron chi connectivity index (χ1n) is 10.1. The van der Waals surface area contributed by atoms with Gasteiger partial charge in [0.2, 0.25) is 5.88 Å². The number of aromatic carboxylic acids is 1. The number of rotatable bonds is 7. The van der Waals surface area contributed by atoms with Crippen molar-refractivity contribution in [3.63, 3.8) is 0 Å². The number of benzene rings is 2. The Kier molecular flexibility index (Phi) is 6.07. The van der Waals surface area contributed by atoms with Crippen LogP contribution in [-0.4, -0.2) is 26.8 Å². The lowest BCUT2D eigenvalue weighted by atomic mass is 10.0. The highest BCUT2D eigenvalue weighted by molar-refractivity contribution is 6.42. The molecule has 33 heavy (non-hydrogen) atoms. The number of carboxylic acids is 1. The molecule has 0 saturated heterocycles. The zero-order valence-corrected chi connectivity index (χ0v) is 19.2. The third kappa shape index (κ3) is 4.54. The van der Waals surface area contributed by atoms with Crippen molar-refractivity contribution in [1.82, 2.24) is 15.1 Å². The highest BCUT2D eigenvalue weighted by Gasteiger charge is 2.47. The van der Waals surface area contributed by atoms with E-state index in [9.17, 15) is 14.0 Å². The molecule has 0 spiro atoms. The number of aryl methyl sites for hydroxylation is 1. The molecule has 2 aromatic carbocycles. The predicted octanol–water partition coefficient (Wildman–Crippen LogP) is 5.67. The SMILES string of the molecule is CC(F)c1nn(C)c(Oc2ccc(Cl)c(Cl)c2)c1C(=O)NC1(c2ccc(C(=O)O)cc2)CC1. The molecule has 1 amide bonds. The molecule has 1 aromatic heterocycles. The second-order valence-corrected chi connectivity index (χ2v) is 8.72. The minimum atomic E-state index is -1.52. The summed E-state index contributed by atoms with van der Waals surface area (Å²) < 4.78 is 21.6. The highest BCUT2D eigenvalue weighted by Crippen LogP contribution is 2.46. The highest BCUT2D eigenvalue weighted by atomic mass is 35.5. The first-order valence-corrected chi connectivity index (χ1v) is 10.9. The van der Waals surface area contributed by atoms with Gasteiger partial charge in [-0.05, 0) is 49.6 Å². The normalized spacial score (nSPS) is 15.1. The number of carbonyl (C=O) groups excluding carboxylic acids is 1. The molecule has 4 rings (SSSR count). The topological polar surface area (TPSA) is 93.5 Å². The van der Waals surface area contributed by atoms with Crippen molar-refractivity contribution < 1.29 is 23.8 Å². The van der Waals surface area contributed by atoms with Crippen LogP contribution in [0.25, 0.3) is 0 Å². The van der Waals surface area contributed by atoms with Gasteiger partial charge < -0.3 is 15.2 Å². The molecule has 7 nitrogen and oxygen atoms in total. The number of alkyl halides is 1. The van der Waals surface area contributed by atoms with E-state index in [1.807, 2.05) is 0 Å². The third-order valence-electron chi connectivity index (χ3n) is 5.52. The Balaban J connectivity index is 1.66. The van der Waals surface area contributed by atoms with Gasteiger partial charge in [-0.1, -0.05) is 35.3 Å². The van der Waals surface area contributed by atoms with Crippen LogP contribution in [0.4, 0.5) is 4.39 Å². The summed E-state index contributed by atoms with van der Waals surface area (Å²) in [5, 5.41) is 16.8. The maximum absolute atomic E-state index is 14.4. The fraction of sp³-hybridized carbons (Fsp3) is 0.261. The number of amides is 1. The van der Waals surface area contributed by atoms with Crippen LogP contribution >= 0.6 is 23.2 Å². The number of nitrogens with zero attached hydrogens (tertiary/aromatic N) is 2. The van der Waals surface area contributed by atoms with Gasteiger partial charge in [-0.2, -0.15) is 5.10 Å². The lowest BCUT2D eigenvalue weighted by Gasteiger charge is -2.19. The maximum atomic E-state index is 14.4. The van der Waals surface area contributed by atoms with E-state index in [2.05, 4.69) is 10.4 Å². The monoisotopic (exact) mass is 491 g/mol. The van der Waals surface area contributed by atoms with Crippen LogP contribution in [-0.2, 0) is 12.6 Å². The molecule has 172 valence electrons. The van der Waals surface area contributed by atoms with Crippen LogP contribution in [0.15, 0.2) is 42.5 Å². The fourth-order valence-electron chi connectivity index (χ4n) is 3.61. The second-order valence-electron chi connectivity index (χ2n) is 7.90. The standard InChI is InChI=1S/C23H20Cl2FN3O4/c1-12(26)19-18(21(29(2)28-19)33-15-7-8-16(24)17(25)11-15)20(30)27-23(9-10-23)14-5-3-13(4-6-14)22(31)32/h3-8,11-12H,9-10H2,1-2H3,(H,27,30)(H,31,32). The van der Waals surface area contributed by atoms with Crippen LogP contribution in [0.1, 0.15) is 57.9 Å². The van der Waals surface area contributed by atoms with Gasteiger partial charge in [0.05, 0.1) is 21.1 Å². The summed E-state index contributed by atoms with van der Waals surface area (Å²) in [7, 11) is 1.55. The van der Waals surface area contributed by atoms with Crippen molar-refractivity contribution in [2.45, 2.75) is 31.5 Å². The molecule has 1 fully saturated rings. The minimum Gasteiger partial charge on any atom is -0.478 e. The molecule has 0 radical (unpaired) electrons. The third-order valence-corrected chi connectivity index (χ3v) is 6.26. The zero-order valence-electron chi connectivity index (χ0n) is 17.7. The molecule has 1 aliphatic carbocycles. The Morgan fingerprint density at radius 2 is 1.85 bits per heavy atom. The Hall–Kier alpha value is -3.10. The van der Waals surface area contributed by atoms with E-state index in [1.165, 1.54) is 29.8 Å². The van der Waals surface area contributed by atoms with Crippen molar-refractivity contribution in [2.75, 3.05) is 0 Å². The second kappa shape index (κ2) is 8.68. The van der Waals surface area contributed by atoms with Gasteiger partial charge in [0.1, 0.15) is 23.2 Å². The number of hydrogen-bond donors (Lipinski definition) is 2. The van der Waals surface area contributed by atoms with Crippen LogP contribution < -0.4 is 10.1 Å². The molecule has 0 aliphatic heterocycles. The quantitative estimate of drug-likeness (QED) is 0.444. The van der Waals surface area contributed by atoms with Gasteiger partial charge in [0.15, 0.2) is 0 Å². The smallest absolute Gasteiger partial charge is 0.335 e. The summed E-state index contributed by atoms with van der Waals surface area (Å²) in [5.41, 5.74) is 0.182. The first-order chi connectivity index (χ1) is 15.6. The van der Waals surface area contributed by atoms with Crippen molar-refractivity contribution in [2.24, 2.45) is 7.05 Å². The first kappa shape index (κ1) is 23.1. The van der Waals surface area contributed by atoms with Crippen molar-refractivity contribution in [1.29, 1.82) is 0 Å². The summed E-state index contributed by atoms with van der Waals surface area (Å²) in [6.45, 7) is 1.29. The number of aromatic nitrogens is 2. The molecule has 0 bridgehead atoms. The molecule has 1 heterocycles. The molecular formula is C23H20Cl2FN3O4. The fourth-order valence-corrected chi connectivity index (χ4v) is 3.90. The van der Waals surface area contributed by atoms with Crippen LogP contribution in [0.2, 0.25) is 10.0 Å². The van der Waals surface area contributed by atoms with Crippen LogP contribution in [0, 0.1) is 0 Å². The van der Waals surface area contributed by atoms with E-state index in [0.717, 1.165) is 5.56 Å². The van der Waals surface area contributed by atoms with E-state index in [4.69, 9.17) is 33.0 Å². The summed E-state index contributed by atoms with van der Waals surface area (Å²) in [6.07, 6.45) is -0.197. The maximum Gasteiger partial charge on any atom is 0.335 e. The number of hydrogen-bond acceptors (Lipinski definition) is 4. The van der Waals surface area contributed by atoms with Crippen LogP contribution in [0.3, 0.4) is 0 Å². The average molecular weight is 492 g/mol. The van der Waals surface area contributed by atoms with Gasteiger partial charge in [-0.15, -0.1) is 0 Å². The molecule has 1 unspecified atom stereocenters. The minimum absolute atomic E-state index is 0.0213. The van der Waals surface area contributed by atoms with E-state index in [1.54, 1.807) is 31.3 Å². The van der Waals surface area contributed by atoms with Crippen LogP contribution in [0.5, 0.6) is 11.6 Å². The van der Waals surface area contributed by atoms with E-state index in [0.29, 0.717) is 23.6 Å². The van der Waals surface area contributed by atoms with Gasteiger partial charge in [-0.25, -0.2) is 13.9 Å². The molecular weight excluding hydrogens is 472 g/mol. The summed E-state index contributed by atoms with van der Waals surface area (Å²) in [6, 6.07) is 10.9. The van der Waals surface area contributed by atoms with Crippen molar-refractivity contribution in [3.05, 3.63) is 74.9 Å². The lowest BCUT2D eigenvalue weighted by Crippen LogP contribution is -2.35. The molecule has 10 heteroatoms. The van der Waals surface area contributed by atoms with Crippen molar-refractivity contribution >= 4 is 35.1 Å². The van der Waals surface area contributed by atoms with E-state index < -0.39 is 23.6 Å². The van der Waals surface area contributed by atoms with E-state index >= 15 is 0 Å². The van der Waals surface area contributed by atoms with Gasteiger partial charge in [0.25, 0.3) is 5.91 Å². The van der Waals surface area contributed by atoms with Gasteiger partial charge >= 0.3 is 5.97 Å². The Morgan fingerprint density at radius 3 is 2.39 bits per heavy atom. The predicted molar refractivity (Wildman–Crippen MR) is 121 cm³/mol. The van der Waals surface area contributed by atoms with E-state index in [-0.39, 0.29) is 27.7 Å². The Bertz CT molecular complexity index is 1240. The number of ether oxygens (including phenoxy) is 1. The molecule has 1 aliphatic rings. The van der Waals surface area contributed by atoms with Gasteiger partial charge in [0, 0.05) is 13.1 Å². The van der Waals surface area contributed by atoms with Crippen molar-refractivity contribution in [3.8, 4) is 11.6 Å². The number of carboxylic acid groups (broad SMARTS) is 1. The number of carbonyl (C=O) groups is 2. The Morgan fingerprint density at radius 1 is 1.18 bits per heavy atom. The number of halogens is 3. The summed E-state index contributed by atoms with van der Waals surface area (Å²) in [4.78, 5) is 24.5. The zero-order chi connectivity index (χ0) is 23.9.